The molecule has 0 heterocycles. The number of carbonyl (C=O) groups excluding carboxylic acids is 1. The van der Waals surface area contributed by atoms with Crippen molar-refractivity contribution in [1.29, 1.82) is 5.26 Å². The Bertz CT molecular complexity index is 1130. The summed E-state index contributed by atoms with van der Waals surface area (Å²) in [6.07, 6.45) is 1.82. The second-order valence-electron chi connectivity index (χ2n) is 6.93. The van der Waals surface area contributed by atoms with Crippen LogP contribution in [0.4, 0.5) is 5.69 Å². The van der Waals surface area contributed by atoms with Crippen LogP contribution in [0.25, 0.3) is 11.6 Å². The molecule has 0 unspecified atom stereocenters. The fourth-order valence-electron chi connectivity index (χ4n) is 2.87. The number of nitriles is 1. The van der Waals surface area contributed by atoms with Gasteiger partial charge in [0.05, 0.1) is 16.1 Å². The smallest absolute Gasteiger partial charge is 0.262 e. The summed E-state index contributed by atoms with van der Waals surface area (Å²) in [6.45, 7) is 3.88. The third-order valence-electron chi connectivity index (χ3n) is 4.41. The van der Waals surface area contributed by atoms with Crippen LogP contribution in [-0.4, -0.2) is 12.5 Å². The van der Waals surface area contributed by atoms with E-state index in [0.29, 0.717) is 15.8 Å². The maximum absolute atomic E-state index is 12.1. The Balaban J connectivity index is 1.66. The minimum Gasteiger partial charge on any atom is -0.483 e. The van der Waals surface area contributed by atoms with E-state index in [1.807, 2.05) is 80.6 Å². The Morgan fingerprint density at radius 2 is 1.83 bits per heavy atom. The van der Waals surface area contributed by atoms with Crippen LogP contribution in [0.2, 0.25) is 0 Å². The van der Waals surface area contributed by atoms with Gasteiger partial charge < -0.3 is 10.1 Å². The fourth-order valence-corrected chi connectivity index (χ4v) is 3.38. The third-order valence-corrected chi connectivity index (χ3v) is 5.03. The van der Waals surface area contributed by atoms with Gasteiger partial charge in [0.2, 0.25) is 0 Å². The van der Waals surface area contributed by atoms with Crippen LogP contribution in [-0.2, 0) is 4.79 Å². The molecule has 1 amide bonds. The average Bonchev–Trinajstić information content (AvgIpc) is 2.72. The highest BCUT2D eigenvalue weighted by molar-refractivity contribution is 9.10. The van der Waals surface area contributed by atoms with Crippen molar-refractivity contribution in [3.63, 3.8) is 0 Å². The van der Waals surface area contributed by atoms with Gasteiger partial charge in [-0.05, 0) is 76.8 Å². The highest BCUT2D eigenvalue weighted by atomic mass is 79.9. The Kier molecular flexibility index (Phi) is 7.05. The molecule has 0 spiro atoms. The minimum absolute atomic E-state index is 0.103. The van der Waals surface area contributed by atoms with Crippen molar-refractivity contribution in [3.8, 4) is 11.8 Å². The lowest BCUT2D eigenvalue weighted by atomic mass is 10.0. The normalized spacial score (nSPS) is 10.9. The molecule has 0 aliphatic carbocycles. The molecule has 3 aromatic rings. The molecule has 0 saturated carbocycles. The molecular weight excluding hydrogens is 440 g/mol. The molecule has 0 saturated heterocycles. The standard InChI is InChI=1S/C25H21BrN2O2/c1-17-6-9-20(10-7-17)21(15-27)13-19-8-11-24(23(26)14-19)30-16-25(29)28-22-5-3-4-18(2)12-22/h3-14H,16H2,1-2H3,(H,28,29)/b21-13+. The van der Waals surface area contributed by atoms with Gasteiger partial charge in [-0.2, -0.15) is 5.26 Å². The summed E-state index contributed by atoms with van der Waals surface area (Å²) in [4.78, 5) is 12.1. The van der Waals surface area contributed by atoms with Gasteiger partial charge in [0.25, 0.3) is 5.91 Å². The van der Waals surface area contributed by atoms with Crippen molar-refractivity contribution < 1.29 is 9.53 Å². The maximum atomic E-state index is 12.1. The number of ether oxygens (including phenoxy) is 1. The van der Waals surface area contributed by atoms with Crippen LogP contribution in [0, 0.1) is 25.2 Å². The molecule has 3 aromatic carbocycles. The van der Waals surface area contributed by atoms with Crippen LogP contribution in [0.5, 0.6) is 5.75 Å². The second kappa shape index (κ2) is 9.91. The van der Waals surface area contributed by atoms with E-state index < -0.39 is 0 Å². The molecule has 0 aliphatic rings. The first-order chi connectivity index (χ1) is 14.4. The zero-order valence-electron chi connectivity index (χ0n) is 16.8. The quantitative estimate of drug-likeness (QED) is 0.354. The Morgan fingerprint density at radius 3 is 2.50 bits per heavy atom. The highest BCUT2D eigenvalue weighted by Gasteiger charge is 2.08. The van der Waals surface area contributed by atoms with Crippen LogP contribution in [0.15, 0.2) is 71.2 Å². The predicted octanol–water partition coefficient (Wildman–Crippen LogP) is 6.15. The molecule has 0 aliphatic heterocycles. The van der Waals surface area contributed by atoms with E-state index in [9.17, 15) is 10.1 Å². The molecule has 0 radical (unpaired) electrons. The van der Waals surface area contributed by atoms with Gasteiger partial charge in [0.15, 0.2) is 6.61 Å². The number of rotatable bonds is 6. The number of benzene rings is 3. The summed E-state index contributed by atoms with van der Waals surface area (Å²) < 4.78 is 6.35. The van der Waals surface area contributed by atoms with Crippen LogP contribution >= 0.6 is 15.9 Å². The van der Waals surface area contributed by atoms with E-state index in [1.54, 1.807) is 6.07 Å². The number of hydrogen-bond donors (Lipinski definition) is 1. The van der Waals surface area contributed by atoms with Gasteiger partial charge in [-0.1, -0.05) is 48.0 Å². The monoisotopic (exact) mass is 460 g/mol. The molecule has 3 rings (SSSR count). The number of allylic oxidation sites excluding steroid dienone is 1. The molecule has 30 heavy (non-hydrogen) atoms. The topological polar surface area (TPSA) is 62.1 Å². The SMILES string of the molecule is Cc1ccc(/C(C#N)=C/c2ccc(OCC(=O)Nc3cccc(C)c3)c(Br)c2)cc1. The lowest BCUT2D eigenvalue weighted by Gasteiger charge is -2.10. The molecule has 0 aromatic heterocycles. The second-order valence-corrected chi connectivity index (χ2v) is 7.79. The summed E-state index contributed by atoms with van der Waals surface area (Å²) in [6, 6.07) is 23.2. The number of carbonyl (C=O) groups is 1. The summed E-state index contributed by atoms with van der Waals surface area (Å²) in [5.74, 6) is 0.322. The lowest BCUT2D eigenvalue weighted by molar-refractivity contribution is -0.118. The van der Waals surface area contributed by atoms with E-state index in [0.717, 1.165) is 27.9 Å². The van der Waals surface area contributed by atoms with Crippen molar-refractivity contribution in [2.24, 2.45) is 0 Å². The van der Waals surface area contributed by atoms with Gasteiger partial charge in [-0.15, -0.1) is 0 Å². The molecule has 0 bridgehead atoms. The Morgan fingerprint density at radius 1 is 1.07 bits per heavy atom. The number of halogens is 1. The van der Waals surface area contributed by atoms with E-state index >= 15 is 0 Å². The van der Waals surface area contributed by atoms with Crippen molar-refractivity contribution in [2.75, 3.05) is 11.9 Å². The van der Waals surface area contributed by atoms with E-state index in [2.05, 4.69) is 27.3 Å². The zero-order valence-corrected chi connectivity index (χ0v) is 18.4. The summed E-state index contributed by atoms with van der Waals surface area (Å²) >= 11 is 3.48. The molecule has 0 atom stereocenters. The molecule has 4 nitrogen and oxygen atoms in total. The fraction of sp³-hybridized carbons (Fsp3) is 0.120. The number of amides is 1. The first-order valence-electron chi connectivity index (χ1n) is 9.42. The Labute approximate surface area is 184 Å². The predicted molar refractivity (Wildman–Crippen MR) is 124 cm³/mol. The summed E-state index contributed by atoms with van der Waals surface area (Å²) in [5, 5.41) is 12.3. The van der Waals surface area contributed by atoms with Gasteiger partial charge in [-0.3, -0.25) is 4.79 Å². The average molecular weight is 461 g/mol. The third kappa shape index (κ3) is 5.82. The maximum Gasteiger partial charge on any atom is 0.262 e. The molecule has 1 N–H and O–H groups in total. The summed E-state index contributed by atoms with van der Waals surface area (Å²) in [5.41, 5.74) is 5.26. The van der Waals surface area contributed by atoms with Crippen LogP contribution in [0.1, 0.15) is 22.3 Å². The number of nitrogens with one attached hydrogen (secondary N) is 1. The lowest BCUT2D eigenvalue weighted by Crippen LogP contribution is -2.20. The first kappa shape index (κ1) is 21.4. The largest absolute Gasteiger partial charge is 0.483 e. The molecular formula is C25H21BrN2O2. The van der Waals surface area contributed by atoms with Crippen molar-refractivity contribution in [2.45, 2.75) is 13.8 Å². The highest BCUT2D eigenvalue weighted by Crippen LogP contribution is 2.28. The number of anilines is 1. The van der Waals surface area contributed by atoms with E-state index in [4.69, 9.17) is 4.74 Å². The first-order valence-corrected chi connectivity index (χ1v) is 10.2. The van der Waals surface area contributed by atoms with Gasteiger partial charge in [0.1, 0.15) is 5.75 Å². The summed E-state index contributed by atoms with van der Waals surface area (Å²) in [7, 11) is 0. The van der Waals surface area contributed by atoms with Gasteiger partial charge in [-0.25, -0.2) is 0 Å². The molecule has 0 fully saturated rings. The Hall–Kier alpha value is -3.36. The minimum atomic E-state index is -0.234. The molecule has 150 valence electrons. The van der Waals surface area contributed by atoms with Crippen LogP contribution in [0.3, 0.4) is 0 Å². The zero-order chi connectivity index (χ0) is 21.5. The molecule has 5 heteroatoms. The van der Waals surface area contributed by atoms with Gasteiger partial charge >= 0.3 is 0 Å². The van der Waals surface area contributed by atoms with Crippen molar-refractivity contribution in [3.05, 3.63) is 93.5 Å². The van der Waals surface area contributed by atoms with Crippen molar-refractivity contribution in [1.82, 2.24) is 0 Å². The van der Waals surface area contributed by atoms with Crippen LogP contribution < -0.4 is 10.1 Å². The number of hydrogen-bond acceptors (Lipinski definition) is 3. The van der Waals surface area contributed by atoms with Crippen molar-refractivity contribution >= 4 is 39.2 Å². The van der Waals surface area contributed by atoms with E-state index in [1.165, 1.54) is 0 Å². The van der Waals surface area contributed by atoms with Gasteiger partial charge in [0, 0.05) is 5.69 Å². The van der Waals surface area contributed by atoms with E-state index in [-0.39, 0.29) is 12.5 Å². The number of nitrogens with zero attached hydrogens (tertiary/aromatic N) is 1. The number of aryl methyl sites for hydroxylation is 2.